The van der Waals surface area contributed by atoms with E-state index in [4.69, 9.17) is 11.6 Å². The number of carbonyl (C=O) groups is 3. The monoisotopic (exact) mass is 491 g/mol. The summed E-state index contributed by atoms with van der Waals surface area (Å²) in [6, 6.07) is 8.62. The molecule has 1 aromatic carbocycles. The predicted molar refractivity (Wildman–Crippen MR) is 125 cm³/mol. The molecule has 0 aliphatic heterocycles. The number of carbonyl (C=O) groups excluding carboxylic acids is 3. The summed E-state index contributed by atoms with van der Waals surface area (Å²) in [6.07, 6.45) is 3.04. The zero-order chi connectivity index (χ0) is 24.9. The van der Waals surface area contributed by atoms with Crippen LogP contribution >= 0.6 is 11.6 Å². The van der Waals surface area contributed by atoms with Gasteiger partial charge in [-0.2, -0.15) is 0 Å². The number of rotatable bonds is 13. The highest BCUT2D eigenvalue weighted by molar-refractivity contribution is 6.32. The Hall–Kier alpha value is -3.73. The molecule has 0 aliphatic rings. The van der Waals surface area contributed by atoms with Crippen molar-refractivity contribution >= 4 is 40.9 Å². The van der Waals surface area contributed by atoms with Gasteiger partial charge in [-0.15, -0.1) is 0 Å². The van der Waals surface area contributed by atoms with E-state index >= 15 is 0 Å². The second kappa shape index (κ2) is 13.7. The summed E-state index contributed by atoms with van der Waals surface area (Å²) >= 11 is 5.84. The minimum atomic E-state index is -0.898. The third-order valence-electron chi connectivity index (χ3n) is 4.75. The summed E-state index contributed by atoms with van der Waals surface area (Å²) in [5, 5.41) is 19.4. The highest BCUT2D eigenvalue weighted by atomic mass is 35.5. The molecule has 0 saturated carbocycles. The molecule has 1 atom stereocenters. The fraction of sp³-hybridized carbons (Fsp3) is 0.364. The van der Waals surface area contributed by atoms with Crippen LogP contribution in [0.3, 0.4) is 0 Å². The van der Waals surface area contributed by atoms with Gasteiger partial charge in [0.15, 0.2) is 0 Å². The average molecular weight is 492 g/mol. The standard InChI is InChI=1S/C22H26ClN5O6/c1-34-22(31)13-17(15-8-9-16(23)18(12-15)28(32)33)27-21(30)14-26-20(29)7-3-5-11-25-19-6-2-4-10-24-19/h2,4,6,8-10,12,17H,3,5,7,11,13-14H2,1H3,(H,24,25)(H,26,29)(H,27,30). The van der Waals surface area contributed by atoms with Crippen molar-refractivity contribution in [1.82, 2.24) is 15.6 Å². The number of nitrogens with zero attached hydrogens (tertiary/aromatic N) is 2. The number of ether oxygens (including phenoxy) is 1. The van der Waals surface area contributed by atoms with Crippen LogP contribution < -0.4 is 16.0 Å². The molecule has 2 aromatic rings. The lowest BCUT2D eigenvalue weighted by atomic mass is 10.0. The zero-order valence-corrected chi connectivity index (χ0v) is 19.3. The molecular weight excluding hydrogens is 466 g/mol. The quantitative estimate of drug-likeness (QED) is 0.167. The fourth-order valence-corrected chi connectivity index (χ4v) is 3.18. The Morgan fingerprint density at radius 3 is 2.65 bits per heavy atom. The van der Waals surface area contributed by atoms with Gasteiger partial charge in [0.05, 0.1) is 31.0 Å². The number of halogens is 1. The summed E-state index contributed by atoms with van der Waals surface area (Å²) in [5.74, 6) is -0.710. The van der Waals surface area contributed by atoms with Crippen LogP contribution in [0.4, 0.5) is 11.5 Å². The van der Waals surface area contributed by atoms with Gasteiger partial charge in [0.2, 0.25) is 11.8 Å². The summed E-state index contributed by atoms with van der Waals surface area (Å²) < 4.78 is 4.65. The maximum Gasteiger partial charge on any atom is 0.307 e. The number of benzene rings is 1. The number of hydrogen-bond acceptors (Lipinski definition) is 8. The van der Waals surface area contributed by atoms with Crippen molar-refractivity contribution in [2.24, 2.45) is 0 Å². The van der Waals surface area contributed by atoms with E-state index in [9.17, 15) is 24.5 Å². The lowest BCUT2D eigenvalue weighted by Gasteiger charge is -2.18. The van der Waals surface area contributed by atoms with E-state index in [1.165, 1.54) is 25.3 Å². The van der Waals surface area contributed by atoms with Gasteiger partial charge >= 0.3 is 5.97 Å². The van der Waals surface area contributed by atoms with Gasteiger partial charge in [0.1, 0.15) is 10.8 Å². The molecule has 1 unspecified atom stereocenters. The Morgan fingerprint density at radius 1 is 1.18 bits per heavy atom. The molecule has 2 rings (SSSR count). The minimum Gasteiger partial charge on any atom is -0.469 e. The number of esters is 1. The largest absolute Gasteiger partial charge is 0.469 e. The van der Waals surface area contributed by atoms with Gasteiger partial charge in [-0.3, -0.25) is 24.5 Å². The third-order valence-corrected chi connectivity index (χ3v) is 5.07. The van der Waals surface area contributed by atoms with Crippen LogP contribution in [0.15, 0.2) is 42.6 Å². The van der Waals surface area contributed by atoms with Crippen molar-refractivity contribution in [1.29, 1.82) is 0 Å². The van der Waals surface area contributed by atoms with Crippen LogP contribution in [0, 0.1) is 10.1 Å². The Bertz CT molecular complexity index is 1000. The highest BCUT2D eigenvalue weighted by Gasteiger charge is 2.23. The molecular formula is C22H26ClN5O6. The van der Waals surface area contributed by atoms with E-state index < -0.39 is 22.8 Å². The fourth-order valence-electron chi connectivity index (χ4n) is 3.00. The Morgan fingerprint density at radius 2 is 1.97 bits per heavy atom. The van der Waals surface area contributed by atoms with E-state index in [2.05, 4.69) is 25.7 Å². The van der Waals surface area contributed by atoms with E-state index in [-0.39, 0.29) is 36.0 Å². The maximum atomic E-state index is 12.4. The van der Waals surface area contributed by atoms with Gasteiger partial charge < -0.3 is 20.7 Å². The Balaban J connectivity index is 1.82. The molecule has 11 nitrogen and oxygen atoms in total. The molecule has 1 heterocycles. The zero-order valence-electron chi connectivity index (χ0n) is 18.6. The number of anilines is 1. The Labute approximate surface area is 201 Å². The van der Waals surface area contributed by atoms with Crippen LogP contribution in [0.2, 0.25) is 5.02 Å². The smallest absolute Gasteiger partial charge is 0.307 e. The number of unbranched alkanes of at least 4 members (excludes halogenated alkanes) is 1. The summed E-state index contributed by atoms with van der Waals surface area (Å²) in [5.41, 5.74) is -0.0456. The van der Waals surface area contributed by atoms with E-state index in [1.807, 2.05) is 18.2 Å². The number of nitro groups is 1. The molecule has 182 valence electrons. The number of methoxy groups -OCH3 is 1. The van der Waals surface area contributed by atoms with Gasteiger partial charge in [-0.1, -0.05) is 23.7 Å². The first-order valence-corrected chi connectivity index (χ1v) is 10.9. The molecule has 12 heteroatoms. The lowest BCUT2D eigenvalue weighted by molar-refractivity contribution is -0.384. The SMILES string of the molecule is COC(=O)CC(NC(=O)CNC(=O)CCCCNc1ccccn1)c1ccc(Cl)c([N+](=O)[O-])c1. The molecule has 34 heavy (non-hydrogen) atoms. The molecule has 3 N–H and O–H groups in total. The van der Waals surface area contributed by atoms with Gasteiger partial charge in [-0.25, -0.2) is 4.98 Å². The molecule has 0 fully saturated rings. The second-order valence-electron chi connectivity index (χ2n) is 7.24. The van der Waals surface area contributed by atoms with Crippen LogP contribution in [-0.2, 0) is 19.1 Å². The van der Waals surface area contributed by atoms with Crippen molar-refractivity contribution < 1.29 is 24.0 Å². The summed E-state index contributed by atoms with van der Waals surface area (Å²) in [6.45, 7) is 0.353. The van der Waals surface area contributed by atoms with E-state index in [0.717, 1.165) is 12.2 Å². The van der Waals surface area contributed by atoms with Crippen LogP contribution in [0.5, 0.6) is 0 Å². The molecule has 1 aromatic heterocycles. The number of hydrogen-bond donors (Lipinski definition) is 3. The van der Waals surface area contributed by atoms with E-state index in [1.54, 1.807) is 6.20 Å². The molecule has 0 bridgehead atoms. The van der Waals surface area contributed by atoms with Crippen LogP contribution in [0.1, 0.15) is 37.3 Å². The minimum absolute atomic E-state index is 0.0700. The first-order valence-electron chi connectivity index (χ1n) is 10.5. The molecule has 0 saturated heterocycles. The molecule has 0 spiro atoms. The highest BCUT2D eigenvalue weighted by Crippen LogP contribution is 2.29. The van der Waals surface area contributed by atoms with Crippen LogP contribution in [0.25, 0.3) is 0 Å². The van der Waals surface area contributed by atoms with Gasteiger partial charge in [0, 0.05) is 25.2 Å². The summed E-state index contributed by atoms with van der Waals surface area (Å²) in [7, 11) is 1.19. The van der Waals surface area contributed by atoms with Crippen LogP contribution in [-0.4, -0.2) is 47.9 Å². The number of amides is 2. The number of aromatic nitrogens is 1. The Kier molecular flexibility index (Phi) is 10.7. The van der Waals surface area contributed by atoms with Crippen molar-refractivity contribution in [3.63, 3.8) is 0 Å². The number of pyridine rings is 1. The molecule has 0 aliphatic carbocycles. The predicted octanol–water partition coefficient (Wildman–Crippen LogP) is 2.76. The summed E-state index contributed by atoms with van der Waals surface area (Å²) in [4.78, 5) is 50.8. The normalized spacial score (nSPS) is 11.2. The molecule has 0 radical (unpaired) electrons. The van der Waals surface area contributed by atoms with Crippen molar-refractivity contribution in [2.45, 2.75) is 31.7 Å². The van der Waals surface area contributed by atoms with Gasteiger partial charge in [0.25, 0.3) is 5.69 Å². The van der Waals surface area contributed by atoms with E-state index in [0.29, 0.717) is 18.5 Å². The first kappa shape index (κ1) is 26.5. The number of nitrogens with one attached hydrogen (secondary N) is 3. The lowest BCUT2D eigenvalue weighted by Crippen LogP contribution is -2.39. The second-order valence-corrected chi connectivity index (χ2v) is 7.65. The van der Waals surface area contributed by atoms with Gasteiger partial charge in [-0.05, 0) is 36.6 Å². The first-order chi connectivity index (χ1) is 16.3. The average Bonchev–Trinajstić information content (AvgIpc) is 2.82. The number of nitro benzene ring substituents is 1. The van der Waals surface area contributed by atoms with Crippen molar-refractivity contribution in [3.05, 3.63) is 63.3 Å². The maximum absolute atomic E-state index is 12.4. The molecule has 2 amide bonds. The van der Waals surface area contributed by atoms with Crippen molar-refractivity contribution in [2.75, 3.05) is 25.5 Å². The topological polar surface area (TPSA) is 153 Å². The third kappa shape index (κ3) is 9.02. The van der Waals surface area contributed by atoms with Crippen molar-refractivity contribution in [3.8, 4) is 0 Å².